The normalized spacial score (nSPS) is 11.4. The molecule has 0 unspecified atom stereocenters. The first-order valence-corrected chi connectivity index (χ1v) is 7.92. The van der Waals surface area contributed by atoms with Crippen LogP contribution in [0.25, 0.3) is 10.6 Å². The quantitative estimate of drug-likeness (QED) is 0.806. The Morgan fingerprint density at radius 2 is 2.05 bits per heavy atom. The molecular formula is C15H18ClN3O2S. The predicted molar refractivity (Wildman–Crippen MR) is 89.7 cm³/mol. The Kier molecular flexibility index (Phi) is 4.72. The van der Waals surface area contributed by atoms with Crippen molar-refractivity contribution in [3.8, 4) is 10.6 Å². The monoisotopic (exact) mass is 339 g/mol. The van der Waals surface area contributed by atoms with E-state index in [9.17, 15) is 4.79 Å². The third-order valence-corrected chi connectivity index (χ3v) is 4.22. The molecular weight excluding hydrogens is 322 g/mol. The summed E-state index contributed by atoms with van der Waals surface area (Å²) < 4.78 is 5.34. The molecule has 2 aromatic rings. The fourth-order valence-corrected chi connectivity index (χ4v) is 2.98. The van der Waals surface area contributed by atoms with Crippen LogP contribution in [0.4, 0.5) is 9.80 Å². The Morgan fingerprint density at radius 3 is 2.64 bits per heavy atom. The summed E-state index contributed by atoms with van der Waals surface area (Å²) in [5, 5.41) is 1.54. The van der Waals surface area contributed by atoms with Crippen molar-refractivity contribution in [2.24, 2.45) is 0 Å². The van der Waals surface area contributed by atoms with Gasteiger partial charge in [0.05, 0.1) is 0 Å². The molecule has 0 saturated heterocycles. The van der Waals surface area contributed by atoms with Gasteiger partial charge in [-0.05, 0) is 39.3 Å². The van der Waals surface area contributed by atoms with Gasteiger partial charge in [0.2, 0.25) is 0 Å². The summed E-state index contributed by atoms with van der Waals surface area (Å²) in [7, 11) is 1.62. The van der Waals surface area contributed by atoms with Crippen LogP contribution in [0.5, 0.6) is 0 Å². The zero-order chi connectivity index (χ0) is 16.5. The number of carbonyl (C=O) groups is 1. The van der Waals surface area contributed by atoms with E-state index in [1.807, 2.05) is 33.8 Å². The average molecular weight is 340 g/mol. The zero-order valence-electron chi connectivity index (χ0n) is 13.2. The number of amides is 1. The van der Waals surface area contributed by atoms with Gasteiger partial charge in [0.25, 0.3) is 0 Å². The summed E-state index contributed by atoms with van der Waals surface area (Å²) >= 11 is 7.50. The van der Waals surface area contributed by atoms with Gasteiger partial charge in [-0.15, -0.1) is 0 Å². The number of pyridine rings is 1. The molecule has 0 atom stereocenters. The first kappa shape index (κ1) is 16.7. The number of rotatable bonds is 2. The van der Waals surface area contributed by atoms with Gasteiger partial charge in [-0.25, -0.2) is 9.78 Å². The fraction of sp³-hybridized carbons (Fsp3) is 0.400. The van der Waals surface area contributed by atoms with Gasteiger partial charge in [0.15, 0.2) is 5.15 Å². The lowest BCUT2D eigenvalue weighted by molar-refractivity contribution is 0.0590. The molecule has 5 nitrogen and oxygen atoms in total. The lowest BCUT2D eigenvalue weighted by atomic mass is 10.2. The molecule has 118 valence electrons. The van der Waals surface area contributed by atoms with Crippen molar-refractivity contribution in [1.29, 1.82) is 0 Å². The van der Waals surface area contributed by atoms with E-state index in [4.69, 9.17) is 16.3 Å². The maximum absolute atomic E-state index is 12.1. The van der Waals surface area contributed by atoms with E-state index in [1.54, 1.807) is 19.4 Å². The SMILES string of the molecule is Cc1cncc(-c2nc(Cl)c(N(C)C(=O)OC(C)(C)C)s2)c1. The summed E-state index contributed by atoms with van der Waals surface area (Å²) in [4.78, 5) is 22.0. The van der Waals surface area contributed by atoms with Crippen LogP contribution in [0, 0.1) is 6.92 Å². The standard InChI is InChI=1S/C15H18ClN3O2S/c1-9-6-10(8-17-7-9)12-18-11(16)13(22-12)19(5)14(20)21-15(2,3)4/h6-8H,1-5H3. The molecule has 0 saturated carbocycles. The number of hydrogen-bond donors (Lipinski definition) is 0. The maximum atomic E-state index is 12.1. The van der Waals surface area contributed by atoms with Gasteiger partial charge < -0.3 is 4.74 Å². The molecule has 2 rings (SSSR count). The van der Waals surface area contributed by atoms with Crippen molar-refractivity contribution in [2.75, 3.05) is 11.9 Å². The minimum Gasteiger partial charge on any atom is -0.443 e. The highest BCUT2D eigenvalue weighted by molar-refractivity contribution is 7.19. The number of nitrogens with zero attached hydrogens (tertiary/aromatic N) is 3. The molecule has 2 heterocycles. The number of hydrogen-bond acceptors (Lipinski definition) is 5. The van der Waals surface area contributed by atoms with Crippen LogP contribution in [0.3, 0.4) is 0 Å². The van der Waals surface area contributed by atoms with Crippen molar-refractivity contribution < 1.29 is 9.53 Å². The summed E-state index contributed by atoms with van der Waals surface area (Å²) in [5.74, 6) is 0. The Morgan fingerprint density at radius 1 is 1.36 bits per heavy atom. The maximum Gasteiger partial charge on any atom is 0.415 e. The molecule has 1 amide bonds. The van der Waals surface area contributed by atoms with E-state index in [-0.39, 0.29) is 5.15 Å². The molecule has 2 aromatic heterocycles. The van der Waals surface area contributed by atoms with E-state index in [0.29, 0.717) is 10.0 Å². The first-order chi connectivity index (χ1) is 10.2. The topological polar surface area (TPSA) is 55.3 Å². The summed E-state index contributed by atoms with van der Waals surface area (Å²) in [6.07, 6.45) is 3.03. The number of thiazole rings is 1. The van der Waals surface area contributed by atoms with Crippen LogP contribution < -0.4 is 4.90 Å². The highest BCUT2D eigenvalue weighted by atomic mass is 35.5. The summed E-state index contributed by atoms with van der Waals surface area (Å²) in [6, 6.07) is 1.97. The lowest BCUT2D eigenvalue weighted by Gasteiger charge is -2.23. The third-order valence-electron chi connectivity index (χ3n) is 2.66. The van der Waals surface area contributed by atoms with E-state index in [2.05, 4.69) is 9.97 Å². The molecule has 0 spiro atoms. The van der Waals surface area contributed by atoms with Gasteiger partial charge in [0, 0.05) is 25.0 Å². The number of aromatic nitrogens is 2. The second-order valence-corrected chi connectivity index (χ2v) is 7.24. The predicted octanol–water partition coefficient (Wildman–Crippen LogP) is 4.54. The number of carbonyl (C=O) groups excluding carboxylic acids is 1. The molecule has 0 fully saturated rings. The van der Waals surface area contributed by atoms with Crippen molar-refractivity contribution in [3.05, 3.63) is 29.2 Å². The first-order valence-electron chi connectivity index (χ1n) is 6.72. The van der Waals surface area contributed by atoms with Crippen LogP contribution in [-0.4, -0.2) is 28.7 Å². The molecule has 22 heavy (non-hydrogen) atoms. The largest absolute Gasteiger partial charge is 0.443 e. The van der Waals surface area contributed by atoms with Gasteiger partial charge >= 0.3 is 6.09 Å². The Hall–Kier alpha value is -1.66. The molecule has 0 aliphatic carbocycles. The van der Waals surface area contributed by atoms with E-state index < -0.39 is 11.7 Å². The fourth-order valence-electron chi connectivity index (χ4n) is 1.71. The molecule has 0 aliphatic heterocycles. The minimum absolute atomic E-state index is 0.273. The molecule has 0 bridgehead atoms. The second kappa shape index (κ2) is 6.22. The van der Waals surface area contributed by atoms with Crippen LogP contribution in [0.15, 0.2) is 18.5 Å². The molecule has 0 aromatic carbocycles. The summed E-state index contributed by atoms with van der Waals surface area (Å²) in [6.45, 7) is 7.41. The lowest BCUT2D eigenvalue weighted by Crippen LogP contribution is -2.33. The average Bonchev–Trinajstić information content (AvgIpc) is 2.78. The molecule has 0 N–H and O–H groups in total. The van der Waals surface area contributed by atoms with Crippen molar-refractivity contribution in [2.45, 2.75) is 33.3 Å². The van der Waals surface area contributed by atoms with Gasteiger partial charge in [-0.2, -0.15) is 0 Å². The van der Waals surface area contributed by atoms with E-state index in [0.717, 1.165) is 11.1 Å². The number of halogens is 1. The molecule has 7 heteroatoms. The highest BCUT2D eigenvalue weighted by Crippen LogP contribution is 2.37. The van der Waals surface area contributed by atoms with E-state index >= 15 is 0 Å². The number of aryl methyl sites for hydroxylation is 1. The third kappa shape index (κ3) is 3.96. The van der Waals surface area contributed by atoms with Crippen LogP contribution >= 0.6 is 22.9 Å². The van der Waals surface area contributed by atoms with Crippen LogP contribution in [-0.2, 0) is 4.74 Å². The number of anilines is 1. The Labute approximate surface area is 138 Å². The minimum atomic E-state index is -0.564. The van der Waals surface area contributed by atoms with Crippen molar-refractivity contribution >= 4 is 34.0 Å². The van der Waals surface area contributed by atoms with Crippen molar-refractivity contribution in [3.63, 3.8) is 0 Å². The highest BCUT2D eigenvalue weighted by Gasteiger charge is 2.24. The summed E-state index contributed by atoms with van der Waals surface area (Å²) in [5.41, 5.74) is 1.34. The molecule has 0 aliphatic rings. The van der Waals surface area contributed by atoms with Gasteiger partial charge in [-0.3, -0.25) is 9.88 Å². The van der Waals surface area contributed by atoms with Crippen molar-refractivity contribution in [1.82, 2.24) is 9.97 Å². The van der Waals surface area contributed by atoms with Crippen LogP contribution in [0.1, 0.15) is 26.3 Å². The second-order valence-electron chi connectivity index (χ2n) is 5.91. The van der Waals surface area contributed by atoms with Gasteiger partial charge in [-0.1, -0.05) is 22.9 Å². The van der Waals surface area contributed by atoms with Gasteiger partial charge in [0.1, 0.15) is 15.6 Å². The zero-order valence-corrected chi connectivity index (χ0v) is 14.7. The van der Waals surface area contributed by atoms with E-state index in [1.165, 1.54) is 16.2 Å². The Bertz CT molecular complexity index is 694. The van der Waals surface area contributed by atoms with Crippen LogP contribution in [0.2, 0.25) is 5.15 Å². The number of ether oxygens (including phenoxy) is 1. The Balaban J connectivity index is 2.28. The smallest absolute Gasteiger partial charge is 0.415 e. The molecule has 0 radical (unpaired) electrons.